The van der Waals surface area contributed by atoms with E-state index in [1.807, 2.05) is 44.2 Å². The number of hydrogen-bond donors (Lipinski definition) is 3. The van der Waals surface area contributed by atoms with Gasteiger partial charge in [-0.3, -0.25) is 4.79 Å². The molecule has 0 bridgehead atoms. The number of unbranched alkanes of at least 4 members (excludes halogenated alkanes) is 1. The fraction of sp³-hybridized carbons (Fsp3) is 0.476. The predicted octanol–water partition coefficient (Wildman–Crippen LogP) is 3.25. The summed E-state index contributed by atoms with van der Waals surface area (Å²) in [5.41, 5.74) is 0.829. The first-order valence-corrected chi connectivity index (χ1v) is 9.44. The average Bonchev–Trinajstić information content (AvgIpc) is 2.65. The molecule has 2 atom stereocenters. The summed E-state index contributed by atoms with van der Waals surface area (Å²) in [7, 11) is 0. The van der Waals surface area contributed by atoms with E-state index < -0.39 is 30.1 Å². The van der Waals surface area contributed by atoms with Crippen LogP contribution in [0.15, 0.2) is 43.0 Å². The molecule has 0 spiro atoms. The highest BCUT2D eigenvalue weighted by Gasteiger charge is 2.27. The summed E-state index contributed by atoms with van der Waals surface area (Å²) in [6, 6.07) is 7.31. The van der Waals surface area contributed by atoms with Crippen LogP contribution in [0.1, 0.15) is 45.1 Å². The average molecular weight is 390 g/mol. The summed E-state index contributed by atoms with van der Waals surface area (Å²) < 4.78 is 5.16. The van der Waals surface area contributed by atoms with Crippen LogP contribution in [0.5, 0.6) is 0 Å². The molecule has 2 amide bonds. The van der Waals surface area contributed by atoms with E-state index in [1.54, 1.807) is 6.08 Å². The van der Waals surface area contributed by atoms with Crippen LogP contribution in [0.2, 0.25) is 0 Å². The zero-order valence-electron chi connectivity index (χ0n) is 16.5. The van der Waals surface area contributed by atoms with Crippen LogP contribution >= 0.6 is 0 Å². The van der Waals surface area contributed by atoms with Crippen molar-refractivity contribution in [2.24, 2.45) is 5.92 Å². The molecule has 154 valence electrons. The lowest BCUT2D eigenvalue weighted by Gasteiger charge is -2.22. The summed E-state index contributed by atoms with van der Waals surface area (Å²) in [5, 5.41) is 14.4. The van der Waals surface area contributed by atoms with E-state index in [1.165, 1.54) is 0 Å². The lowest BCUT2D eigenvalue weighted by Crippen LogP contribution is -2.52. The van der Waals surface area contributed by atoms with Gasteiger partial charge in [-0.2, -0.15) is 0 Å². The number of ether oxygens (including phenoxy) is 1. The second-order valence-electron chi connectivity index (χ2n) is 7.01. The van der Waals surface area contributed by atoms with E-state index in [-0.39, 0.29) is 12.5 Å². The van der Waals surface area contributed by atoms with Gasteiger partial charge in [-0.15, -0.1) is 6.58 Å². The van der Waals surface area contributed by atoms with Crippen molar-refractivity contribution in [3.63, 3.8) is 0 Å². The van der Waals surface area contributed by atoms with Gasteiger partial charge < -0.3 is 20.5 Å². The Morgan fingerprint density at radius 1 is 1.14 bits per heavy atom. The Kier molecular flexibility index (Phi) is 10.4. The Balaban J connectivity index is 2.65. The third-order valence-corrected chi connectivity index (χ3v) is 4.04. The molecule has 1 aromatic rings. The van der Waals surface area contributed by atoms with E-state index >= 15 is 0 Å². The molecule has 0 aliphatic heterocycles. The Morgan fingerprint density at radius 2 is 1.82 bits per heavy atom. The van der Waals surface area contributed by atoms with Crippen molar-refractivity contribution in [3.8, 4) is 0 Å². The quantitative estimate of drug-likeness (QED) is 0.375. The Labute approximate surface area is 166 Å². The van der Waals surface area contributed by atoms with Gasteiger partial charge in [0.25, 0.3) is 0 Å². The summed E-state index contributed by atoms with van der Waals surface area (Å²) in [4.78, 5) is 36.1. The molecule has 0 fully saturated rings. The van der Waals surface area contributed by atoms with E-state index in [4.69, 9.17) is 4.74 Å². The Bertz CT molecular complexity index is 645. The van der Waals surface area contributed by atoms with Gasteiger partial charge in [-0.05, 0) is 37.2 Å². The van der Waals surface area contributed by atoms with Crippen molar-refractivity contribution < 1.29 is 24.2 Å². The fourth-order valence-corrected chi connectivity index (χ4v) is 2.61. The molecule has 0 heterocycles. The fourth-order valence-electron chi connectivity index (χ4n) is 2.61. The van der Waals surface area contributed by atoms with Crippen LogP contribution in [-0.4, -0.2) is 35.2 Å². The summed E-state index contributed by atoms with van der Waals surface area (Å²) in [6.45, 7) is 7.51. The number of aliphatic carboxylic acids is 1. The number of carbonyl (C=O) groups excluding carboxylic acids is 2. The minimum atomic E-state index is -1.10. The largest absolute Gasteiger partial charge is 0.480 e. The van der Waals surface area contributed by atoms with Crippen molar-refractivity contribution >= 4 is 18.0 Å². The molecule has 0 radical (unpaired) electrons. The molecule has 1 rings (SSSR count). The zero-order valence-corrected chi connectivity index (χ0v) is 16.5. The van der Waals surface area contributed by atoms with Crippen LogP contribution in [0.4, 0.5) is 4.79 Å². The number of rotatable bonds is 12. The third-order valence-electron chi connectivity index (χ3n) is 4.04. The molecular formula is C21H30N2O5. The Morgan fingerprint density at radius 3 is 2.39 bits per heavy atom. The first kappa shape index (κ1) is 23.2. The number of benzene rings is 1. The van der Waals surface area contributed by atoms with E-state index in [2.05, 4.69) is 17.2 Å². The van der Waals surface area contributed by atoms with Crippen LogP contribution in [0, 0.1) is 5.92 Å². The van der Waals surface area contributed by atoms with E-state index in [0.29, 0.717) is 25.7 Å². The molecule has 28 heavy (non-hydrogen) atoms. The number of amides is 2. The van der Waals surface area contributed by atoms with Gasteiger partial charge in [0.05, 0.1) is 0 Å². The molecule has 7 heteroatoms. The lowest BCUT2D eigenvalue weighted by atomic mass is 10.0. The van der Waals surface area contributed by atoms with E-state index in [0.717, 1.165) is 5.56 Å². The number of allylic oxidation sites excluding steroid dienone is 1. The topological polar surface area (TPSA) is 105 Å². The number of carbonyl (C=O) groups is 3. The smallest absolute Gasteiger partial charge is 0.408 e. The molecule has 0 unspecified atom stereocenters. The maximum Gasteiger partial charge on any atom is 0.408 e. The van der Waals surface area contributed by atoms with Gasteiger partial charge in [0, 0.05) is 0 Å². The molecule has 0 aliphatic rings. The summed E-state index contributed by atoms with van der Waals surface area (Å²) >= 11 is 0. The van der Waals surface area contributed by atoms with Crippen molar-refractivity contribution in [1.29, 1.82) is 0 Å². The van der Waals surface area contributed by atoms with Crippen molar-refractivity contribution in [2.45, 2.75) is 58.2 Å². The molecule has 1 aromatic carbocycles. The lowest BCUT2D eigenvalue weighted by molar-refractivity contribution is -0.142. The molecular weight excluding hydrogens is 360 g/mol. The third kappa shape index (κ3) is 9.21. The normalized spacial score (nSPS) is 12.7. The second kappa shape index (κ2) is 12.5. The van der Waals surface area contributed by atoms with Gasteiger partial charge >= 0.3 is 12.1 Å². The number of carboxylic acids is 1. The maximum atomic E-state index is 12.6. The minimum Gasteiger partial charge on any atom is -0.480 e. The molecule has 3 N–H and O–H groups in total. The number of alkyl carbamates (subject to hydrolysis) is 1. The van der Waals surface area contributed by atoms with Crippen molar-refractivity contribution in [3.05, 3.63) is 48.6 Å². The molecule has 7 nitrogen and oxygen atoms in total. The first-order valence-electron chi connectivity index (χ1n) is 9.44. The highest BCUT2D eigenvalue weighted by atomic mass is 16.5. The van der Waals surface area contributed by atoms with Crippen LogP contribution < -0.4 is 10.6 Å². The highest BCUT2D eigenvalue weighted by molar-refractivity contribution is 5.89. The number of carboxylic acid groups (broad SMARTS) is 1. The predicted molar refractivity (Wildman–Crippen MR) is 107 cm³/mol. The standard InChI is InChI=1S/C21H30N2O5/c1-4-5-7-12-17(20(25)26)22-19(24)18(13-15(2)3)23-21(27)28-14-16-10-8-6-9-11-16/h4,6,8-11,15,17-18H,1,5,7,12-14H2,2-3H3,(H,22,24)(H,23,27)(H,25,26)/t17-,18-/m0/s1. The highest BCUT2D eigenvalue weighted by Crippen LogP contribution is 2.08. The number of nitrogens with one attached hydrogen (secondary N) is 2. The molecule has 0 saturated carbocycles. The number of hydrogen-bond acceptors (Lipinski definition) is 4. The maximum absolute atomic E-state index is 12.6. The van der Waals surface area contributed by atoms with Gasteiger partial charge in [0.1, 0.15) is 18.7 Å². The first-order chi connectivity index (χ1) is 13.3. The molecule has 0 aromatic heterocycles. The summed E-state index contributed by atoms with van der Waals surface area (Å²) in [6.07, 6.45) is 2.90. The van der Waals surface area contributed by atoms with Crippen LogP contribution in [-0.2, 0) is 20.9 Å². The van der Waals surface area contributed by atoms with Crippen molar-refractivity contribution in [1.82, 2.24) is 10.6 Å². The van der Waals surface area contributed by atoms with Gasteiger partial charge in [0.2, 0.25) is 5.91 Å². The monoisotopic (exact) mass is 390 g/mol. The summed E-state index contributed by atoms with van der Waals surface area (Å²) in [5.74, 6) is -1.52. The van der Waals surface area contributed by atoms with Gasteiger partial charge in [-0.1, -0.05) is 50.3 Å². The second-order valence-corrected chi connectivity index (χ2v) is 7.01. The zero-order chi connectivity index (χ0) is 20.9. The molecule has 0 saturated heterocycles. The van der Waals surface area contributed by atoms with Crippen molar-refractivity contribution in [2.75, 3.05) is 0 Å². The molecule has 0 aliphatic carbocycles. The Hall–Kier alpha value is -2.83. The van der Waals surface area contributed by atoms with E-state index in [9.17, 15) is 19.5 Å². The SMILES string of the molecule is C=CCCC[C@H](NC(=O)[C@H](CC(C)C)NC(=O)OCc1ccccc1)C(=O)O. The van der Waals surface area contributed by atoms with Gasteiger partial charge in [-0.25, -0.2) is 9.59 Å². The van der Waals surface area contributed by atoms with Crippen LogP contribution in [0.3, 0.4) is 0 Å². The minimum absolute atomic E-state index is 0.0853. The van der Waals surface area contributed by atoms with Gasteiger partial charge in [0.15, 0.2) is 0 Å². The van der Waals surface area contributed by atoms with Crippen LogP contribution in [0.25, 0.3) is 0 Å².